The standard InChI is InChI=1S/C17H18BrFN4O2/c18-13-9-21-17(23-15(13)6-4-11-2-1-7-25-11)22-10-3-5-12(16(20)24)14(19)8-10/h3,5,8-9,11H,1-2,4,6-7H2,(H2,20,24)(H,21,22,23). The number of halogens is 2. The van der Waals surface area contributed by atoms with E-state index in [2.05, 4.69) is 31.2 Å². The van der Waals surface area contributed by atoms with Crippen molar-refractivity contribution in [3.8, 4) is 0 Å². The summed E-state index contributed by atoms with van der Waals surface area (Å²) >= 11 is 3.46. The van der Waals surface area contributed by atoms with E-state index in [0.717, 1.165) is 42.5 Å². The van der Waals surface area contributed by atoms with Crippen LogP contribution in [0, 0.1) is 5.82 Å². The van der Waals surface area contributed by atoms with Crippen LogP contribution in [0.3, 0.4) is 0 Å². The Kier molecular flexibility index (Phi) is 5.60. The van der Waals surface area contributed by atoms with Crippen LogP contribution in [-0.4, -0.2) is 28.6 Å². The molecule has 0 bridgehead atoms. The first-order chi connectivity index (χ1) is 12.0. The monoisotopic (exact) mass is 408 g/mol. The fourth-order valence-electron chi connectivity index (χ4n) is 2.73. The number of nitrogens with one attached hydrogen (secondary N) is 1. The topological polar surface area (TPSA) is 90.1 Å². The largest absolute Gasteiger partial charge is 0.378 e. The molecule has 1 aromatic carbocycles. The average Bonchev–Trinajstić information content (AvgIpc) is 3.08. The Balaban J connectivity index is 1.71. The van der Waals surface area contributed by atoms with Crippen LogP contribution in [0.2, 0.25) is 0 Å². The Morgan fingerprint density at radius 1 is 1.48 bits per heavy atom. The molecular weight excluding hydrogens is 391 g/mol. The molecule has 0 saturated carbocycles. The Labute approximate surface area is 153 Å². The van der Waals surface area contributed by atoms with E-state index in [9.17, 15) is 9.18 Å². The van der Waals surface area contributed by atoms with Gasteiger partial charge >= 0.3 is 0 Å². The van der Waals surface area contributed by atoms with Crippen molar-refractivity contribution in [2.45, 2.75) is 31.8 Å². The van der Waals surface area contributed by atoms with Gasteiger partial charge in [0.25, 0.3) is 5.91 Å². The lowest BCUT2D eigenvalue weighted by Crippen LogP contribution is -2.13. The Morgan fingerprint density at radius 2 is 2.32 bits per heavy atom. The molecular formula is C17H18BrFN4O2. The Hall–Kier alpha value is -2.06. The van der Waals surface area contributed by atoms with Crippen molar-refractivity contribution in [1.82, 2.24) is 9.97 Å². The molecule has 1 aliphatic heterocycles. The van der Waals surface area contributed by atoms with E-state index in [0.29, 0.717) is 11.6 Å². The first kappa shape index (κ1) is 17.8. The van der Waals surface area contributed by atoms with E-state index in [1.807, 2.05) is 0 Å². The maximum atomic E-state index is 13.8. The molecule has 1 atom stereocenters. The third kappa shape index (κ3) is 4.52. The normalized spacial score (nSPS) is 16.8. The number of aryl methyl sites for hydroxylation is 1. The highest BCUT2D eigenvalue weighted by atomic mass is 79.9. The molecule has 1 aliphatic rings. The van der Waals surface area contributed by atoms with Gasteiger partial charge in [0.2, 0.25) is 5.95 Å². The predicted octanol–water partition coefficient (Wildman–Crippen LogP) is 3.33. The third-order valence-corrected chi connectivity index (χ3v) is 4.70. The summed E-state index contributed by atoms with van der Waals surface area (Å²) in [7, 11) is 0. The van der Waals surface area contributed by atoms with Gasteiger partial charge in [0.05, 0.1) is 21.8 Å². The molecule has 0 radical (unpaired) electrons. The number of nitrogens with zero attached hydrogens (tertiary/aromatic N) is 2. The highest BCUT2D eigenvalue weighted by Crippen LogP contribution is 2.23. The van der Waals surface area contributed by atoms with E-state index in [1.165, 1.54) is 12.1 Å². The molecule has 0 aliphatic carbocycles. The molecule has 1 aromatic heterocycles. The number of carbonyl (C=O) groups is 1. The summed E-state index contributed by atoms with van der Waals surface area (Å²) in [6.45, 7) is 0.829. The highest BCUT2D eigenvalue weighted by molar-refractivity contribution is 9.10. The van der Waals surface area contributed by atoms with Crippen molar-refractivity contribution in [1.29, 1.82) is 0 Å². The summed E-state index contributed by atoms with van der Waals surface area (Å²) in [5.41, 5.74) is 6.25. The van der Waals surface area contributed by atoms with Gasteiger partial charge in [-0.05, 0) is 59.8 Å². The number of hydrogen-bond donors (Lipinski definition) is 2. The number of rotatable bonds is 6. The minimum absolute atomic E-state index is 0.153. The van der Waals surface area contributed by atoms with E-state index in [1.54, 1.807) is 12.3 Å². The summed E-state index contributed by atoms with van der Waals surface area (Å²) in [6, 6.07) is 4.08. The smallest absolute Gasteiger partial charge is 0.251 e. The molecule has 1 saturated heterocycles. The number of primary amides is 1. The van der Waals surface area contributed by atoms with Gasteiger partial charge < -0.3 is 15.8 Å². The molecule has 1 unspecified atom stereocenters. The lowest BCUT2D eigenvalue weighted by molar-refractivity contribution is 0.0996. The predicted molar refractivity (Wildman–Crippen MR) is 95.2 cm³/mol. The van der Waals surface area contributed by atoms with Crippen molar-refractivity contribution >= 4 is 33.5 Å². The fraction of sp³-hybridized carbons (Fsp3) is 0.353. The fourth-order valence-corrected chi connectivity index (χ4v) is 3.12. The van der Waals surface area contributed by atoms with Crippen LogP contribution in [0.25, 0.3) is 0 Å². The van der Waals surface area contributed by atoms with Crippen molar-refractivity contribution < 1.29 is 13.9 Å². The summed E-state index contributed by atoms with van der Waals surface area (Å²) in [6.07, 6.45) is 5.80. The average molecular weight is 409 g/mol. The number of aromatic nitrogens is 2. The maximum Gasteiger partial charge on any atom is 0.251 e. The van der Waals surface area contributed by atoms with Crippen LogP contribution in [0.1, 0.15) is 35.3 Å². The van der Waals surface area contributed by atoms with Crippen molar-refractivity contribution in [3.05, 3.63) is 45.9 Å². The van der Waals surface area contributed by atoms with Crippen LogP contribution in [-0.2, 0) is 11.2 Å². The molecule has 1 fully saturated rings. The Bertz CT molecular complexity index is 781. The summed E-state index contributed by atoms with van der Waals surface area (Å²) < 4.78 is 20.3. The molecule has 2 aromatic rings. The minimum Gasteiger partial charge on any atom is -0.378 e. The van der Waals surface area contributed by atoms with Crippen molar-refractivity contribution in [3.63, 3.8) is 0 Å². The van der Waals surface area contributed by atoms with Crippen molar-refractivity contribution in [2.24, 2.45) is 5.73 Å². The number of benzene rings is 1. The van der Waals surface area contributed by atoms with E-state index < -0.39 is 11.7 Å². The van der Waals surface area contributed by atoms with Crippen LogP contribution < -0.4 is 11.1 Å². The third-order valence-electron chi connectivity index (χ3n) is 4.03. The lowest BCUT2D eigenvalue weighted by atomic mass is 10.1. The van der Waals surface area contributed by atoms with Crippen LogP contribution >= 0.6 is 15.9 Å². The molecule has 3 N–H and O–H groups in total. The first-order valence-corrected chi connectivity index (χ1v) is 8.81. The summed E-state index contributed by atoms with van der Waals surface area (Å²) in [4.78, 5) is 19.7. The summed E-state index contributed by atoms with van der Waals surface area (Å²) in [5.74, 6) is -1.13. The van der Waals surface area contributed by atoms with Crippen molar-refractivity contribution in [2.75, 3.05) is 11.9 Å². The zero-order chi connectivity index (χ0) is 17.8. The second-order valence-corrected chi connectivity index (χ2v) is 6.70. The van der Waals surface area contributed by atoms with Gasteiger partial charge in [-0.1, -0.05) is 0 Å². The zero-order valence-electron chi connectivity index (χ0n) is 13.5. The second-order valence-electron chi connectivity index (χ2n) is 5.85. The number of hydrogen-bond acceptors (Lipinski definition) is 5. The molecule has 25 heavy (non-hydrogen) atoms. The minimum atomic E-state index is -0.805. The van der Waals surface area contributed by atoms with Gasteiger partial charge in [0.1, 0.15) is 5.82 Å². The molecule has 6 nitrogen and oxygen atoms in total. The van der Waals surface area contributed by atoms with Gasteiger partial charge in [-0.2, -0.15) is 0 Å². The number of amides is 1. The van der Waals surface area contributed by atoms with Gasteiger partial charge in [-0.15, -0.1) is 0 Å². The molecule has 8 heteroatoms. The SMILES string of the molecule is NC(=O)c1ccc(Nc2ncc(Br)c(CCC3CCCO3)n2)cc1F. The maximum absolute atomic E-state index is 13.8. The van der Waals surface area contributed by atoms with Crippen LogP contribution in [0.15, 0.2) is 28.9 Å². The molecule has 1 amide bonds. The Morgan fingerprint density at radius 3 is 3.00 bits per heavy atom. The first-order valence-electron chi connectivity index (χ1n) is 8.02. The quantitative estimate of drug-likeness (QED) is 0.764. The lowest BCUT2D eigenvalue weighted by Gasteiger charge is -2.11. The molecule has 2 heterocycles. The van der Waals surface area contributed by atoms with Gasteiger partial charge in [-0.25, -0.2) is 14.4 Å². The highest BCUT2D eigenvalue weighted by Gasteiger charge is 2.17. The molecule has 132 valence electrons. The van der Waals surface area contributed by atoms with Gasteiger partial charge in [0.15, 0.2) is 0 Å². The zero-order valence-corrected chi connectivity index (χ0v) is 15.1. The van der Waals surface area contributed by atoms with E-state index in [4.69, 9.17) is 10.5 Å². The van der Waals surface area contributed by atoms with E-state index in [-0.39, 0.29) is 11.7 Å². The molecule has 0 spiro atoms. The second kappa shape index (κ2) is 7.88. The number of anilines is 2. The molecule has 3 rings (SSSR count). The van der Waals surface area contributed by atoms with Crippen LogP contribution in [0.4, 0.5) is 16.0 Å². The van der Waals surface area contributed by atoms with Gasteiger partial charge in [-0.3, -0.25) is 4.79 Å². The number of ether oxygens (including phenoxy) is 1. The number of nitrogens with two attached hydrogens (primary N) is 1. The summed E-state index contributed by atoms with van der Waals surface area (Å²) in [5, 5.41) is 2.94. The van der Waals surface area contributed by atoms with Gasteiger partial charge in [0, 0.05) is 18.5 Å². The van der Waals surface area contributed by atoms with Crippen LogP contribution in [0.5, 0.6) is 0 Å². The van der Waals surface area contributed by atoms with E-state index >= 15 is 0 Å². The number of carbonyl (C=O) groups excluding carboxylic acids is 1.